The Balaban J connectivity index is 0.00000133. The van der Waals surface area contributed by atoms with Crippen LogP contribution in [-0.2, 0) is 0 Å². The second-order valence-electron chi connectivity index (χ2n) is 5.91. The van der Waals surface area contributed by atoms with Crippen LogP contribution >= 0.6 is 12.4 Å². The molecule has 3 fully saturated rings. The van der Waals surface area contributed by atoms with Crippen molar-refractivity contribution >= 4 is 18.4 Å². The molecule has 2 bridgehead atoms. The third-order valence-electron chi connectivity index (χ3n) is 4.57. The lowest BCUT2D eigenvalue weighted by atomic mass is 10.0. The Morgan fingerprint density at radius 2 is 1.89 bits per heavy atom. The fourth-order valence-corrected chi connectivity index (χ4v) is 3.70. The molecule has 3 aliphatic rings. The lowest BCUT2D eigenvalue weighted by Crippen LogP contribution is -2.56. The molecule has 3 saturated heterocycles. The first-order valence-corrected chi connectivity index (χ1v) is 7.21. The van der Waals surface area contributed by atoms with Crippen molar-refractivity contribution in [3.05, 3.63) is 0 Å². The van der Waals surface area contributed by atoms with E-state index in [-0.39, 0.29) is 42.7 Å². The summed E-state index contributed by atoms with van der Waals surface area (Å²) in [4.78, 5) is 14.3. The lowest BCUT2D eigenvalue weighted by Gasteiger charge is -2.38. The van der Waals surface area contributed by atoms with E-state index in [0.717, 1.165) is 51.6 Å². The normalized spacial score (nSPS) is 37.6. The summed E-state index contributed by atoms with van der Waals surface area (Å²) in [6, 6.07) is 0.881. The maximum Gasteiger partial charge on any atom is 0.318 e. The maximum atomic E-state index is 12.3. The molecular weight excluding hydrogens is 266 g/mol. The van der Waals surface area contributed by atoms with E-state index in [1.165, 1.54) is 0 Å². The van der Waals surface area contributed by atoms with E-state index in [1.807, 2.05) is 4.90 Å². The Bertz CT molecular complexity index is 309. The van der Waals surface area contributed by atoms with E-state index >= 15 is 0 Å². The number of aliphatic hydroxyl groups excluding tert-OH is 1. The monoisotopic (exact) mass is 289 g/mol. The zero-order valence-electron chi connectivity index (χ0n) is 11.2. The number of hydrogen-bond acceptors (Lipinski definition) is 3. The third kappa shape index (κ3) is 3.15. The van der Waals surface area contributed by atoms with Gasteiger partial charge < -0.3 is 20.6 Å². The summed E-state index contributed by atoms with van der Waals surface area (Å²) in [5.41, 5.74) is 0. The second kappa shape index (κ2) is 6.29. The fraction of sp³-hybridized carbons (Fsp3) is 0.923. The molecule has 0 aromatic rings. The van der Waals surface area contributed by atoms with E-state index in [4.69, 9.17) is 0 Å². The first-order chi connectivity index (χ1) is 8.74. The molecule has 0 aromatic carbocycles. The molecule has 1 unspecified atom stereocenters. The Hall–Kier alpha value is -0.520. The molecule has 0 radical (unpaired) electrons. The standard InChI is InChI=1S/C13H23N3O2.ClH/c17-12-6-10-3-4-11(7-12)16(10)13(18)15-9-2-1-5-14-8-9;/h9-12,14,17H,1-8H2,(H,15,18);1H/t9-,10-,11+,12?;/m0./s1. The van der Waals surface area contributed by atoms with Crippen molar-refractivity contribution in [1.82, 2.24) is 15.5 Å². The highest BCUT2D eigenvalue weighted by atomic mass is 35.5. The van der Waals surface area contributed by atoms with Gasteiger partial charge in [-0.25, -0.2) is 4.79 Å². The van der Waals surface area contributed by atoms with Gasteiger partial charge >= 0.3 is 6.03 Å². The molecule has 3 aliphatic heterocycles. The second-order valence-corrected chi connectivity index (χ2v) is 5.91. The van der Waals surface area contributed by atoms with Crippen molar-refractivity contribution in [2.75, 3.05) is 13.1 Å². The minimum atomic E-state index is -0.206. The highest BCUT2D eigenvalue weighted by Crippen LogP contribution is 2.35. The van der Waals surface area contributed by atoms with Gasteiger partial charge in [0.15, 0.2) is 0 Å². The van der Waals surface area contributed by atoms with Crippen LogP contribution < -0.4 is 10.6 Å². The molecule has 0 saturated carbocycles. The molecule has 0 aromatic heterocycles. The van der Waals surface area contributed by atoms with Crippen LogP contribution in [0.1, 0.15) is 38.5 Å². The van der Waals surface area contributed by atoms with E-state index in [9.17, 15) is 9.90 Å². The SMILES string of the molecule is Cl.O=C(N[C@H]1CCCNC1)N1[C@@H]2CC[C@H]1CC(O)C2. The number of halogens is 1. The van der Waals surface area contributed by atoms with Gasteiger partial charge in [-0.05, 0) is 45.1 Å². The Kier molecular flexibility index (Phi) is 4.92. The van der Waals surface area contributed by atoms with Crippen molar-refractivity contribution in [1.29, 1.82) is 0 Å². The molecule has 3 N–H and O–H groups in total. The van der Waals surface area contributed by atoms with Crippen molar-refractivity contribution in [2.24, 2.45) is 0 Å². The summed E-state index contributed by atoms with van der Waals surface area (Å²) in [6.07, 6.45) is 5.62. The Morgan fingerprint density at radius 1 is 1.21 bits per heavy atom. The molecule has 0 aliphatic carbocycles. The number of nitrogens with zero attached hydrogens (tertiary/aromatic N) is 1. The maximum absolute atomic E-state index is 12.3. The van der Waals surface area contributed by atoms with Crippen LogP contribution in [0.5, 0.6) is 0 Å². The first-order valence-electron chi connectivity index (χ1n) is 7.21. The van der Waals surface area contributed by atoms with Gasteiger partial charge in [-0.1, -0.05) is 0 Å². The highest BCUT2D eigenvalue weighted by Gasteiger charge is 2.43. The van der Waals surface area contributed by atoms with E-state index in [0.29, 0.717) is 0 Å². The summed E-state index contributed by atoms with van der Waals surface area (Å²) in [5, 5.41) is 16.2. The van der Waals surface area contributed by atoms with Crippen LogP contribution in [0, 0.1) is 0 Å². The topological polar surface area (TPSA) is 64.6 Å². The molecule has 4 atom stereocenters. The summed E-state index contributed by atoms with van der Waals surface area (Å²) in [6.45, 7) is 1.95. The van der Waals surface area contributed by atoms with Gasteiger partial charge in [0.05, 0.1) is 6.10 Å². The predicted molar refractivity (Wildman–Crippen MR) is 75.6 cm³/mol. The van der Waals surface area contributed by atoms with E-state index in [1.54, 1.807) is 0 Å². The van der Waals surface area contributed by atoms with Crippen LogP contribution in [0.4, 0.5) is 4.79 Å². The van der Waals surface area contributed by atoms with Crippen molar-refractivity contribution < 1.29 is 9.90 Å². The molecule has 5 nitrogen and oxygen atoms in total. The van der Waals surface area contributed by atoms with Crippen LogP contribution in [0.3, 0.4) is 0 Å². The summed E-state index contributed by atoms with van der Waals surface area (Å²) >= 11 is 0. The number of nitrogens with one attached hydrogen (secondary N) is 2. The van der Waals surface area contributed by atoms with Crippen LogP contribution in [-0.4, -0.2) is 53.4 Å². The minimum Gasteiger partial charge on any atom is -0.393 e. The first kappa shape index (κ1) is 14.9. The molecular formula is C13H24ClN3O2. The number of carbonyl (C=O) groups excluding carboxylic acids is 1. The van der Waals surface area contributed by atoms with Gasteiger partial charge in [-0.3, -0.25) is 0 Å². The average Bonchev–Trinajstić information content (AvgIpc) is 2.63. The Morgan fingerprint density at radius 3 is 2.47 bits per heavy atom. The quantitative estimate of drug-likeness (QED) is 0.671. The molecule has 2 amide bonds. The number of rotatable bonds is 1. The van der Waals surface area contributed by atoms with Crippen LogP contribution in [0.25, 0.3) is 0 Å². The van der Waals surface area contributed by atoms with Gasteiger partial charge in [0.1, 0.15) is 0 Å². The van der Waals surface area contributed by atoms with Crippen molar-refractivity contribution in [2.45, 2.75) is 62.8 Å². The molecule has 19 heavy (non-hydrogen) atoms. The Labute approximate surface area is 120 Å². The largest absolute Gasteiger partial charge is 0.393 e. The van der Waals surface area contributed by atoms with Crippen LogP contribution in [0.2, 0.25) is 0 Å². The summed E-state index contributed by atoms with van der Waals surface area (Å²) in [5.74, 6) is 0. The van der Waals surface area contributed by atoms with E-state index in [2.05, 4.69) is 10.6 Å². The molecule has 3 rings (SSSR count). The smallest absolute Gasteiger partial charge is 0.318 e. The predicted octanol–water partition coefficient (Wildman–Crippen LogP) is 0.857. The third-order valence-corrected chi connectivity index (χ3v) is 4.57. The molecule has 0 spiro atoms. The number of amides is 2. The van der Waals surface area contributed by atoms with Gasteiger partial charge in [0, 0.05) is 24.7 Å². The number of fused-ring (bicyclic) bond motifs is 2. The van der Waals surface area contributed by atoms with Gasteiger partial charge in [0.25, 0.3) is 0 Å². The van der Waals surface area contributed by atoms with Gasteiger partial charge in [-0.2, -0.15) is 0 Å². The number of hydrogen-bond donors (Lipinski definition) is 3. The van der Waals surface area contributed by atoms with Crippen LogP contribution in [0.15, 0.2) is 0 Å². The van der Waals surface area contributed by atoms with E-state index < -0.39 is 0 Å². The highest BCUT2D eigenvalue weighted by molar-refractivity contribution is 5.85. The number of piperidine rings is 2. The average molecular weight is 290 g/mol. The minimum absolute atomic E-state index is 0. The number of urea groups is 1. The molecule has 6 heteroatoms. The van der Waals surface area contributed by atoms with Crippen molar-refractivity contribution in [3.8, 4) is 0 Å². The summed E-state index contributed by atoms with van der Waals surface area (Å²) < 4.78 is 0. The lowest BCUT2D eigenvalue weighted by molar-refractivity contribution is 0.0532. The number of carbonyl (C=O) groups is 1. The zero-order valence-corrected chi connectivity index (χ0v) is 12.0. The fourth-order valence-electron chi connectivity index (χ4n) is 3.70. The molecule has 3 heterocycles. The molecule has 110 valence electrons. The zero-order chi connectivity index (χ0) is 12.5. The number of aliphatic hydroxyl groups is 1. The van der Waals surface area contributed by atoms with Crippen molar-refractivity contribution in [3.63, 3.8) is 0 Å². The summed E-state index contributed by atoms with van der Waals surface area (Å²) in [7, 11) is 0. The van der Waals surface area contributed by atoms with Gasteiger partial charge in [-0.15, -0.1) is 12.4 Å². The van der Waals surface area contributed by atoms with Gasteiger partial charge in [0.2, 0.25) is 0 Å².